The molecule has 2 aromatic carbocycles. The molecule has 1 saturated heterocycles. The second-order valence-corrected chi connectivity index (χ2v) is 21.5. The minimum atomic E-state index is -4.17. The summed E-state index contributed by atoms with van der Waals surface area (Å²) >= 11 is 1.46. The number of thiazole rings is 1. The van der Waals surface area contributed by atoms with Crippen molar-refractivity contribution in [2.24, 2.45) is 11.3 Å². The van der Waals surface area contributed by atoms with Gasteiger partial charge in [0.1, 0.15) is 52.5 Å². The highest BCUT2D eigenvalue weighted by Crippen LogP contribution is 2.71. The van der Waals surface area contributed by atoms with E-state index in [0.717, 1.165) is 30.8 Å². The molecule has 0 bridgehead atoms. The summed E-state index contributed by atoms with van der Waals surface area (Å²) in [5, 5.41) is 11.0. The smallest absolute Gasteiger partial charge is 0.408 e. The highest BCUT2D eigenvalue weighted by Gasteiger charge is 2.66. The third-order valence-electron chi connectivity index (χ3n) is 12.0. The minimum absolute atomic E-state index is 0.0319. The number of amides is 3. The Bertz CT molecular complexity index is 2400. The Balaban J connectivity index is 1.22. The normalized spacial score (nSPS) is 22.6. The Morgan fingerprint density at radius 2 is 1.76 bits per heavy atom. The van der Waals surface area contributed by atoms with Gasteiger partial charge in [0, 0.05) is 41.3 Å². The zero-order valence-electron chi connectivity index (χ0n) is 37.0. The molecule has 2 aromatic heterocycles. The number of carbonyl (C=O) groups excluding carboxylic acids is 3. The van der Waals surface area contributed by atoms with Crippen LogP contribution in [0.1, 0.15) is 78.7 Å². The number of aromatic nitrogens is 2. The van der Waals surface area contributed by atoms with Crippen LogP contribution in [0.2, 0.25) is 0 Å². The van der Waals surface area contributed by atoms with E-state index in [1.54, 1.807) is 55.7 Å². The maximum absolute atomic E-state index is 14.9. The lowest BCUT2D eigenvalue weighted by molar-refractivity contribution is -0.142. The first-order valence-electron chi connectivity index (χ1n) is 21.5. The number of likely N-dealkylation sites (tertiary alicyclic amines) is 1. The van der Waals surface area contributed by atoms with Crippen molar-refractivity contribution in [3.8, 4) is 28.6 Å². The number of methoxy groups -OCH3 is 2. The van der Waals surface area contributed by atoms with Gasteiger partial charge in [0.2, 0.25) is 19.2 Å². The van der Waals surface area contributed by atoms with Gasteiger partial charge in [-0.2, -0.15) is 0 Å². The van der Waals surface area contributed by atoms with Crippen LogP contribution in [0.4, 0.5) is 9.93 Å². The second-order valence-electron chi connectivity index (χ2n) is 18.1. The van der Waals surface area contributed by atoms with Crippen molar-refractivity contribution in [3.05, 3.63) is 72.1 Å². The van der Waals surface area contributed by atoms with Crippen molar-refractivity contribution in [2.45, 2.75) is 115 Å². The zero-order valence-corrected chi connectivity index (χ0v) is 38.7. The fourth-order valence-electron chi connectivity index (χ4n) is 8.56. The number of nitrogens with one attached hydrogen (secondary N) is 3. The highest BCUT2D eigenvalue weighted by molar-refractivity contribution is 7.59. The van der Waals surface area contributed by atoms with Gasteiger partial charge in [-0.15, -0.1) is 17.9 Å². The average molecular weight is 903 g/mol. The van der Waals surface area contributed by atoms with Crippen LogP contribution in [0, 0.1) is 11.3 Å². The lowest BCUT2D eigenvalue weighted by Crippen LogP contribution is -2.58. The Kier molecular flexibility index (Phi) is 13.5. The first-order chi connectivity index (χ1) is 29.9. The van der Waals surface area contributed by atoms with Crippen LogP contribution in [0.5, 0.6) is 17.2 Å². The summed E-state index contributed by atoms with van der Waals surface area (Å²) in [6.45, 7) is 13.4. The molecule has 2 saturated carbocycles. The molecule has 3 aliphatic rings. The largest absolute Gasteiger partial charge is 0.497 e. The molecule has 1 unspecified atom stereocenters. The number of anilines is 1. The highest BCUT2D eigenvalue weighted by atomic mass is 32.1. The van der Waals surface area contributed by atoms with Gasteiger partial charge in [-0.25, -0.2) is 14.8 Å². The van der Waals surface area contributed by atoms with Crippen LogP contribution in [0.3, 0.4) is 0 Å². The molecule has 17 heteroatoms. The molecule has 1 aliphatic heterocycles. The van der Waals surface area contributed by atoms with Gasteiger partial charge in [0.25, 0.3) is 0 Å². The van der Waals surface area contributed by atoms with Crippen molar-refractivity contribution < 1.29 is 42.8 Å². The molecule has 3 amide bonds. The fraction of sp³-hybridized carbons (Fsp3) is 0.500. The molecule has 63 heavy (non-hydrogen) atoms. The van der Waals surface area contributed by atoms with E-state index in [1.165, 1.54) is 23.3 Å². The van der Waals surface area contributed by atoms with E-state index in [9.17, 15) is 23.8 Å². The number of rotatable bonds is 16. The van der Waals surface area contributed by atoms with Gasteiger partial charge in [-0.05, 0) is 81.2 Å². The molecule has 2 aliphatic carbocycles. The Morgan fingerprint density at radius 3 is 2.43 bits per heavy atom. The van der Waals surface area contributed by atoms with Crippen LogP contribution in [0.15, 0.2) is 66.6 Å². The molecule has 338 valence electrons. The summed E-state index contributed by atoms with van der Waals surface area (Å²) in [4.78, 5) is 66.0. The van der Waals surface area contributed by atoms with E-state index in [-0.39, 0.29) is 37.7 Å². The van der Waals surface area contributed by atoms with E-state index < -0.39 is 60.1 Å². The van der Waals surface area contributed by atoms with Gasteiger partial charge in [0.15, 0.2) is 5.13 Å². The van der Waals surface area contributed by atoms with Crippen molar-refractivity contribution in [1.82, 2.24) is 25.5 Å². The minimum Gasteiger partial charge on any atom is -0.497 e. The van der Waals surface area contributed by atoms with Crippen molar-refractivity contribution in [2.75, 3.05) is 26.1 Å². The van der Waals surface area contributed by atoms with Gasteiger partial charge >= 0.3 is 6.09 Å². The standard InChI is InChI=1S/C46H59N6O9PS/c1-9-29-23-46(29,62(56,57)25-28-13-12-16-31(19-28)58-7)51-41(53)38-21-33(24-52(38)42(54)40(45(4,5)6)50-44(55)61-30-14-10-11-15-30)60-39-22-36(37-26-63-43(49-37)47-27(2)3)48-35-20-32(59-8)17-18-34(35)39/h9,12-13,16-20,22,26-27,29-30,33,38,40H,1,10-11,14-15,21,23-25H2,2-8H3,(H,47,49)(H,50,55)(H,51,53)(H,56,57)/t29-,33-,38+,40-,46+/m1/s1. The van der Waals surface area contributed by atoms with Crippen LogP contribution in [-0.4, -0.2) is 94.0 Å². The molecule has 4 aromatic rings. The predicted octanol–water partition coefficient (Wildman–Crippen LogP) is 8.12. The molecule has 0 spiro atoms. The Morgan fingerprint density at radius 1 is 1.03 bits per heavy atom. The molecule has 0 radical (unpaired) electrons. The van der Waals surface area contributed by atoms with E-state index in [1.807, 2.05) is 46.1 Å². The number of carbonyl (C=O) groups is 3. The number of hydrogen-bond donors (Lipinski definition) is 4. The molecule has 4 N–H and O–H groups in total. The number of fused-ring (bicyclic) bond motifs is 1. The summed E-state index contributed by atoms with van der Waals surface area (Å²) in [7, 11) is -1.07. The quantitative estimate of drug-likeness (QED) is 0.0625. The SMILES string of the molecule is C=C[C@@H]1C[C@]1(NC(=O)[C@@H]1C[C@@H](Oc2cc(-c3csc(NC(C)C)n3)nc3cc(OC)ccc23)CN1C(=O)[C@@H](NC(=O)OC1CCCC1)C(C)(C)C)P(=O)(O)Cc1cccc(OC)c1. The van der Waals surface area contributed by atoms with Gasteiger partial charge in [-0.3, -0.25) is 14.2 Å². The van der Waals surface area contributed by atoms with Crippen molar-refractivity contribution >= 4 is 52.6 Å². The number of nitrogens with zero attached hydrogens (tertiary/aromatic N) is 3. The topological polar surface area (TPSA) is 191 Å². The summed E-state index contributed by atoms with van der Waals surface area (Å²) in [5.74, 6) is -0.0257. The average Bonchev–Trinajstić information content (AvgIpc) is 3.63. The van der Waals surface area contributed by atoms with Crippen molar-refractivity contribution in [3.63, 3.8) is 0 Å². The van der Waals surface area contributed by atoms with Gasteiger partial charge in [-0.1, -0.05) is 39.0 Å². The molecular formula is C46H59N6O9PS. The van der Waals surface area contributed by atoms with Crippen LogP contribution in [-0.2, 0) is 25.1 Å². The maximum Gasteiger partial charge on any atom is 0.408 e. The van der Waals surface area contributed by atoms with Crippen molar-refractivity contribution in [1.29, 1.82) is 0 Å². The number of pyridine rings is 1. The fourth-order valence-corrected chi connectivity index (χ4v) is 11.8. The van der Waals surface area contributed by atoms with Crippen LogP contribution in [0.25, 0.3) is 22.3 Å². The number of alkyl carbamates (subject to hydrolysis) is 1. The Hall–Kier alpha value is -5.18. The van der Waals surface area contributed by atoms with E-state index in [4.69, 9.17) is 28.9 Å². The van der Waals surface area contributed by atoms with Gasteiger partial charge in [0.05, 0.1) is 38.1 Å². The lowest BCUT2D eigenvalue weighted by atomic mass is 9.85. The third-order valence-corrected chi connectivity index (χ3v) is 15.5. The summed E-state index contributed by atoms with van der Waals surface area (Å²) < 4.78 is 37.9. The first-order valence-corrected chi connectivity index (χ1v) is 24.2. The number of hydrogen-bond acceptors (Lipinski definition) is 12. The zero-order chi connectivity index (χ0) is 45.3. The maximum atomic E-state index is 14.9. The first kappa shape index (κ1) is 45.8. The molecule has 6 atom stereocenters. The van der Waals surface area contributed by atoms with E-state index in [2.05, 4.69) is 22.5 Å². The van der Waals surface area contributed by atoms with E-state index in [0.29, 0.717) is 45.1 Å². The molecule has 3 heterocycles. The summed E-state index contributed by atoms with van der Waals surface area (Å²) in [6, 6.07) is 12.1. The Labute approximate surface area is 372 Å². The lowest BCUT2D eigenvalue weighted by Gasteiger charge is -2.36. The summed E-state index contributed by atoms with van der Waals surface area (Å²) in [6.07, 6.45) is 3.37. The van der Waals surface area contributed by atoms with Crippen LogP contribution < -0.4 is 30.2 Å². The molecular weight excluding hydrogens is 844 g/mol. The second kappa shape index (κ2) is 18.5. The molecule has 15 nitrogen and oxygen atoms in total. The monoisotopic (exact) mass is 902 g/mol. The van der Waals surface area contributed by atoms with E-state index >= 15 is 0 Å². The number of ether oxygens (including phenoxy) is 4. The molecule has 3 fully saturated rings. The molecule has 7 rings (SSSR count). The third kappa shape index (κ3) is 10.1. The van der Waals surface area contributed by atoms with Gasteiger partial charge < -0.3 is 44.7 Å². The summed E-state index contributed by atoms with van der Waals surface area (Å²) in [5.41, 5.74) is 1.55. The van der Waals surface area contributed by atoms with Crippen LogP contribution >= 0.6 is 18.7 Å². The predicted molar refractivity (Wildman–Crippen MR) is 244 cm³/mol. The number of benzene rings is 2.